The molecule has 0 fully saturated rings. The third-order valence-corrected chi connectivity index (χ3v) is 3.51. The van der Waals surface area contributed by atoms with Crippen molar-refractivity contribution in [2.75, 3.05) is 12.0 Å². The fraction of sp³-hybridized carbons (Fsp3) is 0.188. The molecule has 2 aromatic carbocycles. The molecular formula is C16H17NOS. The molecule has 2 nitrogen and oxygen atoms in total. The Hall–Kier alpha value is -1.87. The molecule has 98 valence electrons. The molecule has 0 aliphatic rings. The summed E-state index contributed by atoms with van der Waals surface area (Å²) in [6, 6.07) is 20.4. The van der Waals surface area contributed by atoms with Crippen LogP contribution in [-0.2, 0) is 4.74 Å². The molecule has 1 atom stereocenters. The highest BCUT2D eigenvalue weighted by Gasteiger charge is 2.20. The average molecular weight is 271 g/mol. The van der Waals surface area contributed by atoms with Gasteiger partial charge in [-0.1, -0.05) is 36.4 Å². The van der Waals surface area contributed by atoms with Crippen LogP contribution in [0.5, 0.6) is 0 Å². The van der Waals surface area contributed by atoms with Gasteiger partial charge in [-0.3, -0.25) is 0 Å². The van der Waals surface area contributed by atoms with Crippen LogP contribution in [0.4, 0.5) is 11.4 Å². The van der Waals surface area contributed by atoms with E-state index in [1.165, 1.54) is 0 Å². The van der Waals surface area contributed by atoms with Crippen molar-refractivity contribution in [2.45, 2.75) is 13.0 Å². The molecule has 1 unspecified atom stereocenters. The molecule has 3 heteroatoms. The zero-order valence-electron chi connectivity index (χ0n) is 11.1. The van der Waals surface area contributed by atoms with Crippen LogP contribution in [0.15, 0.2) is 60.7 Å². The number of rotatable bonds is 4. The first-order valence-electron chi connectivity index (χ1n) is 6.21. The van der Waals surface area contributed by atoms with Crippen LogP contribution in [0.3, 0.4) is 0 Å². The molecule has 0 saturated heterocycles. The summed E-state index contributed by atoms with van der Waals surface area (Å²) >= 11 is 5.29. The van der Waals surface area contributed by atoms with Crippen molar-refractivity contribution in [3.05, 3.63) is 60.7 Å². The van der Waals surface area contributed by atoms with E-state index in [0.29, 0.717) is 5.05 Å². The summed E-state index contributed by atoms with van der Waals surface area (Å²) in [4.78, 5) is 2.17. The lowest BCUT2D eigenvalue weighted by Crippen LogP contribution is -2.35. The molecule has 0 aliphatic carbocycles. The normalized spacial score (nSPS) is 11.7. The average Bonchev–Trinajstić information content (AvgIpc) is 2.49. The number of methoxy groups -OCH3 is 1. The van der Waals surface area contributed by atoms with Gasteiger partial charge in [0.1, 0.15) is 0 Å². The van der Waals surface area contributed by atoms with E-state index >= 15 is 0 Å². The Labute approximate surface area is 119 Å². The van der Waals surface area contributed by atoms with E-state index in [0.717, 1.165) is 11.4 Å². The van der Waals surface area contributed by atoms with Gasteiger partial charge in [-0.2, -0.15) is 0 Å². The summed E-state index contributed by atoms with van der Waals surface area (Å²) < 4.78 is 5.23. The second-order valence-corrected chi connectivity index (χ2v) is 4.64. The first-order valence-corrected chi connectivity index (χ1v) is 6.62. The van der Waals surface area contributed by atoms with Gasteiger partial charge >= 0.3 is 0 Å². The van der Waals surface area contributed by atoms with Crippen molar-refractivity contribution in [2.24, 2.45) is 0 Å². The molecule has 2 rings (SSSR count). The van der Waals surface area contributed by atoms with Crippen LogP contribution in [-0.4, -0.2) is 18.2 Å². The molecule has 0 radical (unpaired) electrons. The van der Waals surface area contributed by atoms with Gasteiger partial charge in [0.2, 0.25) is 0 Å². The van der Waals surface area contributed by atoms with E-state index in [1.807, 2.05) is 43.3 Å². The Morgan fingerprint density at radius 1 is 0.947 bits per heavy atom. The third-order valence-electron chi connectivity index (χ3n) is 3.00. The number of ether oxygens (including phenoxy) is 1. The van der Waals surface area contributed by atoms with E-state index in [9.17, 15) is 0 Å². The van der Waals surface area contributed by atoms with Gasteiger partial charge < -0.3 is 9.64 Å². The molecule has 0 saturated carbocycles. The van der Waals surface area contributed by atoms with E-state index < -0.39 is 0 Å². The molecule has 0 spiro atoms. The second kappa shape index (κ2) is 6.34. The number of thiocarbonyl (C=S) groups is 1. The highest BCUT2D eigenvalue weighted by molar-refractivity contribution is 7.80. The summed E-state index contributed by atoms with van der Waals surface area (Å²) in [5, 5.41) is 0.577. The summed E-state index contributed by atoms with van der Waals surface area (Å²) in [5.74, 6) is 0. The SMILES string of the molecule is COC(=S)C(C)N(c1ccccc1)c1ccccc1. The molecule has 2 aromatic rings. The van der Waals surface area contributed by atoms with Crippen LogP contribution < -0.4 is 4.90 Å². The largest absolute Gasteiger partial charge is 0.488 e. The fourth-order valence-electron chi connectivity index (χ4n) is 2.05. The quantitative estimate of drug-likeness (QED) is 0.774. The number of anilines is 2. The maximum Gasteiger partial charge on any atom is 0.182 e. The standard InChI is InChI=1S/C16H17NOS/c1-13(16(19)18-2)17(14-9-5-3-6-10-14)15-11-7-4-8-12-15/h3-13H,1-2H3. The van der Waals surface area contributed by atoms with Gasteiger partial charge in [-0.25, -0.2) is 0 Å². The number of hydrogen-bond donors (Lipinski definition) is 0. The van der Waals surface area contributed by atoms with Crippen molar-refractivity contribution in [1.82, 2.24) is 0 Å². The summed E-state index contributed by atoms with van der Waals surface area (Å²) in [7, 11) is 1.62. The van der Waals surface area contributed by atoms with Gasteiger partial charge in [0.25, 0.3) is 0 Å². The molecule has 0 aliphatic heterocycles. The van der Waals surface area contributed by atoms with Crippen molar-refractivity contribution in [3.63, 3.8) is 0 Å². The molecule has 0 aromatic heterocycles. The first kappa shape index (κ1) is 13.6. The third kappa shape index (κ3) is 3.12. The highest BCUT2D eigenvalue weighted by atomic mass is 32.1. The Morgan fingerprint density at radius 2 is 1.37 bits per heavy atom. The van der Waals surface area contributed by atoms with Crippen molar-refractivity contribution >= 4 is 28.6 Å². The lowest BCUT2D eigenvalue weighted by Gasteiger charge is -2.31. The van der Waals surface area contributed by atoms with Crippen molar-refractivity contribution in [3.8, 4) is 0 Å². The maximum atomic E-state index is 5.29. The predicted molar refractivity (Wildman–Crippen MR) is 84.1 cm³/mol. The van der Waals surface area contributed by atoms with Gasteiger partial charge in [0, 0.05) is 11.4 Å². The minimum Gasteiger partial charge on any atom is -0.488 e. The molecule has 0 amide bonds. The number of nitrogens with zero attached hydrogens (tertiary/aromatic N) is 1. The van der Waals surface area contributed by atoms with Gasteiger partial charge in [-0.05, 0) is 43.4 Å². The minimum atomic E-state index is -0.00944. The van der Waals surface area contributed by atoms with Crippen molar-refractivity contribution < 1.29 is 4.74 Å². The molecule has 19 heavy (non-hydrogen) atoms. The highest BCUT2D eigenvalue weighted by Crippen LogP contribution is 2.28. The topological polar surface area (TPSA) is 12.5 Å². The Bertz CT molecular complexity index is 487. The molecule has 0 N–H and O–H groups in total. The van der Waals surface area contributed by atoms with Crippen molar-refractivity contribution in [1.29, 1.82) is 0 Å². The van der Waals surface area contributed by atoms with Gasteiger partial charge in [0.15, 0.2) is 5.05 Å². The molecule has 0 bridgehead atoms. The van der Waals surface area contributed by atoms with Gasteiger partial charge in [0.05, 0.1) is 13.2 Å². The molecule has 0 heterocycles. The lowest BCUT2D eigenvalue weighted by molar-refractivity contribution is 0.396. The monoisotopic (exact) mass is 271 g/mol. The van der Waals surface area contributed by atoms with E-state index in [4.69, 9.17) is 17.0 Å². The lowest BCUT2D eigenvalue weighted by atomic mass is 10.2. The number of benzene rings is 2. The predicted octanol–water partition coefficient (Wildman–Crippen LogP) is 4.19. The summed E-state index contributed by atoms with van der Waals surface area (Å²) in [5.41, 5.74) is 2.20. The second-order valence-electron chi connectivity index (χ2n) is 4.24. The Balaban J connectivity index is 2.43. The zero-order chi connectivity index (χ0) is 13.7. The molecular weight excluding hydrogens is 254 g/mol. The Morgan fingerprint density at radius 3 is 1.74 bits per heavy atom. The van der Waals surface area contributed by atoms with Crippen LogP contribution in [0.2, 0.25) is 0 Å². The van der Waals surface area contributed by atoms with Crippen LogP contribution in [0.1, 0.15) is 6.92 Å². The summed E-state index contributed by atoms with van der Waals surface area (Å²) in [6.07, 6.45) is 0. The summed E-state index contributed by atoms with van der Waals surface area (Å²) in [6.45, 7) is 2.05. The van der Waals surface area contributed by atoms with E-state index in [1.54, 1.807) is 7.11 Å². The van der Waals surface area contributed by atoms with Crippen LogP contribution in [0.25, 0.3) is 0 Å². The number of hydrogen-bond acceptors (Lipinski definition) is 3. The van der Waals surface area contributed by atoms with Crippen LogP contribution in [0, 0.1) is 0 Å². The Kier molecular flexibility index (Phi) is 4.53. The van der Waals surface area contributed by atoms with Crippen LogP contribution >= 0.6 is 12.2 Å². The minimum absolute atomic E-state index is 0.00944. The smallest absolute Gasteiger partial charge is 0.182 e. The fourth-order valence-corrected chi connectivity index (χ4v) is 2.15. The van der Waals surface area contributed by atoms with E-state index in [-0.39, 0.29) is 6.04 Å². The van der Waals surface area contributed by atoms with E-state index in [2.05, 4.69) is 29.2 Å². The zero-order valence-corrected chi connectivity index (χ0v) is 11.9. The number of para-hydroxylation sites is 2. The first-order chi connectivity index (χ1) is 9.24. The van der Waals surface area contributed by atoms with Gasteiger partial charge in [-0.15, -0.1) is 0 Å². The maximum absolute atomic E-state index is 5.29.